The van der Waals surface area contributed by atoms with Crippen LogP contribution in [0.2, 0.25) is 0 Å². The summed E-state index contributed by atoms with van der Waals surface area (Å²) in [5.74, 6) is 1.79. The molecule has 2 fully saturated rings. The van der Waals surface area contributed by atoms with E-state index in [9.17, 15) is 0 Å². The van der Waals surface area contributed by atoms with E-state index in [-0.39, 0.29) is 24.0 Å². The molecule has 2 N–H and O–H groups in total. The summed E-state index contributed by atoms with van der Waals surface area (Å²) in [5.41, 5.74) is 1.35. The molecule has 0 radical (unpaired) electrons. The highest BCUT2D eigenvalue weighted by Crippen LogP contribution is 2.28. The minimum Gasteiger partial charge on any atom is -0.369 e. The molecule has 1 saturated heterocycles. The molecule has 0 aromatic heterocycles. The van der Waals surface area contributed by atoms with Crippen molar-refractivity contribution in [1.82, 2.24) is 15.5 Å². The van der Waals surface area contributed by atoms with Crippen LogP contribution in [0, 0.1) is 5.92 Å². The number of rotatable bonds is 7. The van der Waals surface area contributed by atoms with Gasteiger partial charge in [-0.2, -0.15) is 0 Å². The highest BCUT2D eigenvalue weighted by Gasteiger charge is 2.33. The Morgan fingerprint density at radius 2 is 1.85 bits per heavy atom. The molecule has 1 heterocycles. The van der Waals surface area contributed by atoms with Crippen LogP contribution < -0.4 is 15.5 Å². The second kappa shape index (κ2) is 11.0. The summed E-state index contributed by atoms with van der Waals surface area (Å²) >= 11 is 0. The number of piperazine rings is 1. The van der Waals surface area contributed by atoms with E-state index in [2.05, 4.69) is 64.6 Å². The van der Waals surface area contributed by atoms with Crippen molar-refractivity contribution in [2.75, 3.05) is 50.7 Å². The van der Waals surface area contributed by atoms with Gasteiger partial charge >= 0.3 is 0 Å². The molecule has 1 aliphatic heterocycles. The summed E-state index contributed by atoms with van der Waals surface area (Å²) in [4.78, 5) is 9.78. The van der Waals surface area contributed by atoms with Crippen molar-refractivity contribution in [2.24, 2.45) is 10.9 Å². The van der Waals surface area contributed by atoms with Gasteiger partial charge in [0.1, 0.15) is 0 Å². The van der Waals surface area contributed by atoms with Gasteiger partial charge in [0.25, 0.3) is 0 Å². The summed E-state index contributed by atoms with van der Waals surface area (Å²) in [6, 6.07) is 11.4. The first-order chi connectivity index (χ1) is 12.3. The molecule has 146 valence electrons. The lowest BCUT2D eigenvalue weighted by molar-refractivity contribution is 0.256. The molecule has 5 nitrogen and oxygen atoms in total. The third kappa shape index (κ3) is 6.61. The van der Waals surface area contributed by atoms with Crippen LogP contribution in [0.25, 0.3) is 0 Å². The van der Waals surface area contributed by atoms with Crippen molar-refractivity contribution in [1.29, 1.82) is 0 Å². The number of anilines is 1. The van der Waals surface area contributed by atoms with Crippen molar-refractivity contribution < 1.29 is 0 Å². The first-order valence-corrected chi connectivity index (χ1v) is 9.83. The number of nitrogens with one attached hydrogen (secondary N) is 2. The maximum atomic E-state index is 4.73. The molecular formula is C20H34IN5. The quantitative estimate of drug-likeness (QED) is 0.278. The zero-order valence-electron chi connectivity index (χ0n) is 16.2. The Kier molecular flexibility index (Phi) is 8.98. The molecule has 26 heavy (non-hydrogen) atoms. The molecule has 0 spiro atoms. The fourth-order valence-corrected chi connectivity index (χ4v) is 3.37. The van der Waals surface area contributed by atoms with Gasteiger partial charge in [0.2, 0.25) is 0 Å². The number of para-hydroxylation sites is 1. The van der Waals surface area contributed by atoms with Crippen LogP contribution in [-0.2, 0) is 0 Å². The smallest absolute Gasteiger partial charge is 0.191 e. The van der Waals surface area contributed by atoms with E-state index in [1.54, 1.807) is 0 Å². The Bertz CT molecular complexity index is 542. The number of nitrogens with zero attached hydrogens (tertiary/aromatic N) is 3. The molecule has 6 heteroatoms. The number of aliphatic imine (C=N–C) groups is 1. The second-order valence-corrected chi connectivity index (χ2v) is 7.24. The van der Waals surface area contributed by atoms with Crippen molar-refractivity contribution >= 4 is 35.6 Å². The lowest BCUT2D eigenvalue weighted by Gasteiger charge is -2.36. The van der Waals surface area contributed by atoms with Crippen molar-refractivity contribution in [3.63, 3.8) is 0 Å². The lowest BCUT2D eigenvalue weighted by Crippen LogP contribution is -2.46. The second-order valence-electron chi connectivity index (χ2n) is 7.24. The number of hydrogen-bond acceptors (Lipinski definition) is 3. The van der Waals surface area contributed by atoms with Crippen LogP contribution >= 0.6 is 24.0 Å². The lowest BCUT2D eigenvalue weighted by atomic mass is 10.2. The van der Waals surface area contributed by atoms with Crippen LogP contribution in [0.3, 0.4) is 0 Å². The van der Waals surface area contributed by atoms with Crippen LogP contribution in [0.1, 0.15) is 26.7 Å². The van der Waals surface area contributed by atoms with Gasteiger partial charge in [0, 0.05) is 57.5 Å². The summed E-state index contributed by atoms with van der Waals surface area (Å²) in [6.07, 6.45) is 2.40. The van der Waals surface area contributed by atoms with E-state index in [4.69, 9.17) is 4.99 Å². The Morgan fingerprint density at radius 1 is 1.15 bits per heavy atom. The molecule has 2 unspecified atom stereocenters. The average molecular weight is 471 g/mol. The monoisotopic (exact) mass is 471 g/mol. The zero-order chi connectivity index (χ0) is 17.5. The SMILES string of the molecule is CCNC(=NCCCN1CCN(c2ccccc2)CC1)NC1CC1C.I. The van der Waals surface area contributed by atoms with Gasteiger partial charge < -0.3 is 15.5 Å². The molecule has 1 aromatic carbocycles. The number of guanidine groups is 1. The van der Waals surface area contributed by atoms with E-state index in [0.717, 1.165) is 64.1 Å². The Balaban J connectivity index is 0.00000243. The molecule has 3 rings (SSSR count). The summed E-state index contributed by atoms with van der Waals surface area (Å²) in [6.45, 7) is 11.9. The molecule has 1 aromatic rings. The summed E-state index contributed by atoms with van der Waals surface area (Å²) < 4.78 is 0. The first-order valence-electron chi connectivity index (χ1n) is 9.83. The summed E-state index contributed by atoms with van der Waals surface area (Å²) in [5, 5.41) is 6.88. The van der Waals surface area contributed by atoms with E-state index in [1.807, 2.05) is 0 Å². The predicted octanol–water partition coefficient (Wildman–Crippen LogP) is 2.78. The van der Waals surface area contributed by atoms with Gasteiger partial charge in [0.05, 0.1) is 0 Å². The van der Waals surface area contributed by atoms with Gasteiger partial charge in [-0.3, -0.25) is 9.89 Å². The van der Waals surface area contributed by atoms with Gasteiger partial charge in [-0.1, -0.05) is 25.1 Å². The average Bonchev–Trinajstić information content (AvgIpc) is 3.34. The standard InChI is InChI=1S/C20H33N5.HI/c1-3-21-20(23-19-16-17(19)2)22-10-7-11-24-12-14-25(15-13-24)18-8-5-4-6-9-18;/h4-6,8-9,17,19H,3,7,10-16H2,1-2H3,(H2,21,22,23);1H. The fourth-order valence-electron chi connectivity index (χ4n) is 3.37. The Hall–Kier alpha value is -1.02. The maximum absolute atomic E-state index is 4.73. The maximum Gasteiger partial charge on any atom is 0.191 e. The topological polar surface area (TPSA) is 42.9 Å². The van der Waals surface area contributed by atoms with E-state index < -0.39 is 0 Å². The highest BCUT2D eigenvalue weighted by molar-refractivity contribution is 14.0. The minimum atomic E-state index is 0. The molecule has 2 aliphatic rings. The van der Waals surface area contributed by atoms with Gasteiger partial charge in [0.15, 0.2) is 5.96 Å². The first kappa shape index (κ1) is 21.3. The van der Waals surface area contributed by atoms with E-state index >= 15 is 0 Å². The zero-order valence-corrected chi connectivity index (χ0v) is 18.5. The van der Waals surface area contributed by atoms with Gasteiger partial charge in [-0.05, 0) is 37.8 Å². The number of benzene rings is 1. The van der Waals surface area contributed by atoms with Crippen LogP contribution in [0.15, 0.2) is 35.3 Å². The van der Waals surface area contributed by atoms with Gasteiger partial charge in [-0.15, -0.1) is 24.0 Å². The number of hydrogen-bond donors (Lipinski definition) is 2. The number of halogens is 1. The van der Waals surface area contributed by atoms with Gasteiger partial charge in [-0.25, -0.2) is 0 Å². The van der Waals surface area contributed by atoms with Crippen LogP contribution in [0.5, 0.6) is 0 Å². The Labute approximate surface area is 175 Å². The molecule has 0 bridgehead atoms. The van der Waals surface area contributed by atoms with E-state index in [1.165, 1.54) is 12.1 Å². The molecule has 1 saturated carbocycles. The molecule has 2 atom stereocenters. The van der Waals surface area contributed by atoms with Crippen LogP contribution in [0.4, 0.5) is 5.69 Å². The molecule has 1 aliphatic carbocycles. The minimum absolute atomic E-state index is 0. The van der Waals surface area contributed by atoms with Crippen molar-refractivity contribution in [2.45, 2.75) is 32.7 Å². The Morgan fingerprint density at radius 3 is 2.46 bits per heavy atom. The molecular weight excluding hydrogens is 437 g/mol. The van der Waals surface area contributed by atoms with Crippen LogP contribution in [-0.4, -0.2) is 62.7 Å². The van der Waals surface area contributed by atoms with Crippen molar-refractivity contribution in [3.8, 4) is 0 Å². The third-order valence-electron chi connectivity index (χ3n) is 5.17. The highest BCUT2D eigenvalue weighted by atomic mass is 127. The predicted molar refractivity (Wildman–Crippen MR) is 122 cm³/mol. The molecule has 0 amide bonds. The largest absolute Gasteiger partial charge is 0.369 e. The normalized spacial score (nSPS) is 23.3. The summed E-state index contributed by atoms with van der Waals surface area (Å²) in [7, 11) is 0. The van der Waals surface area contributed by atoms with Crippen molar-refractivity contribution in [3.05, 3.63) is 30.3 Å². The van der Waals surface area contributed by atoms with E-state index in [0.29, 0.717) is 6.04 Å². The third-order valence-corrected chi connectivity index (χ3v) is 5.17. The fraction of sp³-hybridized carbons (Fsp3) is 0.650.